The predicted octanol–water partition coefficient (Wildman–Crippen LogP) is 3.10. The average Bonchev–Trinajstić information content (AvgIpc) is 2.78. The van der Waals surface area contributed by atoms with Crippen LogP contribution in [-0.4, -0.2) is 18.1 Å². The lowest BCUT2D eigenvalue weighted by molar-refractivity contribution is 0.228. The van der Waals surface area contributed by atoms with Crippen LogP contribution < -0.4 is 5.32 Å². The maximum Gasteiger partial charge on any atom is 0.0794 e. The van der Waals surface area contributed by atoms with Gasteiger partial charge >= 0.3 is 0 Å². The zero-order chi connectivity index (χ0) is 11.4. The summed E-state index contributed by atoms with van der Waals surface area (Å²) in [6.07, 6.45) is 8.79. The standard InChI is InChI=1S/C13H22N2S/c1-10-4-3-5-11(6-10)13(14-2)7-12-8-15-9-16-12/h8-11,13-14H,3-7H2,1-2H3. The van der Waals surface area contributed by atoms with Gasteiger partial charge in [-0.3, -0.25) is 4.98 Å². The summed E-state index contributed by atoms with van der Waals surface area (Å²) in [5.41, 5.74) is 1.94. The second kappa shape index (κ2) is 5.78. The zero-order valence-corrected chi connectivity index (χ0v) is 11.1. The van der Waals surface area contributed by atoms with Crippen molar-refractivity contribution >= 4 is 11.3 Å². The van der Waals surface area contributed by atoms with Crippen LogP contribution in [-0.2, 0) is 6.42 Å². The first-order valence-electron chi connectivity index (χ1n) is 6.34. The van der Waals surface area contributed by atoms with Gasteiger partial charge in [0.15, 0.2) is 0 Å². The Bertz CT molecular complexity index is 297. The molecule has 3 atom stereocenters. The van der Waals surface area contributed by atoms with Crippen molar-refractivity contribution in [1.29, 1.82) is 0 Å². The normalized spacial score (nSPS) is 27.9. The van der Waals surface area contributed by atoms with Gasteiger partial charge < -0.3 is 5.32 Å². The lowest BCUT2D eigenvalue weighted by atomic mass is 9.77. The van der Waals surface area contributed by atoms with E-state index < -0.39 is 0 Å². The van der Waals surface area contributed by atoms with Gasteiger partial charge in [0.1, 0.15) is 0 Å². The van der Waals surface area contributed by atoms with Gasteiger partial charge in [-0.05, 0) is 38.1 Å². The van der Waals surface area contributed by atoms with Crippen LogP contribution in [0.1, 0.15) is 37.5 Å². The lowest BCUT2D eigenvalue weighted by Gasteiger charge is -2.33. The summed E-state index contributed by atoms with van der Waals surface area (Å²) in [5.74, 6) is 1.77. The van der Waals surface area contributed by atoms with Crippen molar-refractivity contribution in [3.05, 3.63) is 16.6 Å². The number of hydrogen-bond acceptors (Lipinski definition) is 3. The Labute approximate surface area is 102 Å². The largest absolute Gasteiger partial charge is 0.316 e. The molecular formula is C13H22N2S. The monoisotopic (exact) mass is 238 g/mol. The van der Waals surface area contributed by atoms with Crippen molar-refractivity contribution in [3.63, 3.8) is 0 Å². The lowest BCUT2D eigenvalue weighted by Crippen LogP contribution is -2.37. The molecule has 1 saturated carbocycles. The van der Waals surface area contributed by atoms with Crippen LogP contribution in [0.5, 0.6) is 0 Å². The molecule has 1 aromatic heterocycles. The van der Waals surface area contributed by atoms with Crippen LogP contribution in [0.3, 0.4) is 0 Å². The van der Waals surface area contributed by atoms with Crippen LogP contribution in [0.15, 0.2) is 11.7 Å². The summed E-state index contributed by atoms with van der Waals surface area (Å²) in [7, 11) is 2.10. The van der Waals surface area contributed by atoms with Crippen molar-refractivity contribution in [2.45, 2.75) is 45.1 Å². The second-order valence-electron chi connectivity index (χ2n) is 5.10. The fraction of sp³-hybridized carbons (Fsp3) is 0.769. The first-order valence-corrected chi connectivity index (χ1v) is 7.22. The van der Waals surface area contributed by atoms with E-state index in [1.54, 1.807) is 11.3 Å². The molecule has 1 aromatic rings. The maximum atomic E-state index is 4.16. The van der Waals surface area contributed by atoms with E-state index in [0.717, 1.165) is 18.3 Å². The molecular weight excluding hydrogens is 216 g/mol. The third-order valence-corrected chi connectivity index (χ3v) is 4.62. The number of rotatable bonds is 4. The molecule has 3 unspecified atom stereocenters. The summed E-state index contributed by atoms with van der Waals surface area (Å²) in [6.45, 7) is 2.39. The number of likely N-dealkylation sites (N-methyl/N-ethyl adjacent to an activating group) is 1. The smallest absolute Gasteiger partial charge is 0.0794 e. The molecule has 90 valence electrons. The second-order valence-corrected chi connectivity index (χ2v) is 6.07. The number of aromatic nitrogens is 1. The molecule has 0 aromatic carbocycles. The highest BCUT2D eigenvalue weighted by Crippen LogP contribution is 2.32. The highest BCUT2D eigenvalue weighted by Gasteiger charge is 2.25. The minimum absolute atomic E-state index is 0.642. The Morgan fingerprint density at radius 3 is 3.06 bits per heavy atom. The Kier molecular flexibility index (Phi) is 4.36. The van der Waals surface area contributed by atoms with Crippen molar-refractivity contribution in [2.75, 3.05) is 7.05 Å². The fourth-order valence-electron chi connectivity index (χ4n) is 2.91. The molecule has 1 N–H and O–H groups in total. The molecule has 0 radical (unpaired) electrons. The number of hydrogen-bond donors (Lipinski definition) is 1. The van der Waals surface area contributed by atoms with Gasteiger partial charge in [-0.25, -0.2) is 0 Å². The van der Waals surface area contributed by atoms with Crippen molar-refractivity contribution < 1.29 is 0 Å². The Hall–Kier alpha value is -0.410. The van der Waals surface area contributed by atoms with E-state index in [9.17, 15) is 0 Å². The molecule has 3 heteroatoms. The van der Waals surface area contributed by atoms with Gasteiger partial charge in [-0.15, -0.1) is 11.3 Å². The van der Waals surface area contributed by atoms with Gasteiger partial charge in [0.05, 0.1) is 5.51 Å². The maximum absolute atomic E-state index is 4.16. The van der Waals surface area contributed by atoms with Crippen LogP contribution >= 0.6 is 11.3 Å². The van der Waals surface area contributed by atoms with E-state index in [2.05, 4.69) is 24.3 Å². The minimum Gasteiger partial charge on any atom is -0.316 e. The topological polar surface area (TPSA) is 24.9 Å². The predicted molar refractivity (Wildman–Crippen MR) is 69.8 cm³/mol. The summed E-state index contributed by atoms with van der Waals surface area (Å²) >= 11 is 1.78. The van der Waals surface area contributed by atoms with Crippen molar-refractivity contribution in [3.8, 4) is 0 Å². The van der Waals surface area contributed by atoms with Crippen LogP contribution in [0.25, 0.3) is 0 Å². The third kappa shape index (κ3) is 3.05. The highest BCUT2D eigenvalue weighted by molar-refractivity contribution is 7.09. The minimum atomic E-state index is 0.642. The molecule has 0 spiro atoms. The number of nitrogens with one attached hydrogen (secondary N) is 1. The van der Waals surface area contributed by atoms with Gasteiger partial charge in [0.2, 0.25) is 0 Å². The molecule has 16 heavy (non-hydrogen) atoms. The molecule has 0 bridgehead atoms. The zero-order valence-electron chi connectivity index (χ0n) is 10.3. The van der Waals surface area contributed by atoms with E-state index in [4.69, 9.17) is 0 Å². The fourth-order valence-corrected chi connectivity index (χ4v) is 3.57. The van der Waals surface area contributed by atoms with Crippen molar-refractivity contribution in [1.82, 2.24) is 10.3 Å². The van der Waals surface area contributed by atoms with Crippen LogP contribution in [0, 0.1) is 11.8 Å². The first-order chi connectivity index (χ1) is 7.79. The molecule has 1 aliphatic rings. The SMILES string of the molecule is CNC(Cc1cncs1)C1CCCC(C)C1. The average molecular weight is 238 g/mol. The van der Waals surface area contributed by atoms with Crippen LogP contribution in [0.2, 0.25) is 0 Å². The van der Waals surface area contributed by atoms with Crippen LogP contribution in [0.4, 0.5) is 0 Å². The molecule has 2 rings (SSSR count). The molecule has 0 amide bonds. The Balaban J connectivity index is 1.93. The third-order valence-electron chi connectivity index (χ3n) is 3.82. The summed E-state index contributed by atoms with van der Waals surface area (Å²) in [4.78, 5) is 5.57. The Morgan fingerprint density at radius 1 is 1.56 bits per heavy atom. The van der Waals surface area contributed by atoms with E-state index >= 15 is 0 Å². The van der Waals surface area contributed by atoms with Crippen molar-refractivity contribution in [2.24, 2.45) is 11.8 Å². The molecule has 1 fully saturated rings. The molecule has 1 heterocycles. The van der Waals surface area contributed by atoms with Gasteiger partial charge in [0.25, 0.3) is 0 Å². The summed E-state index contributed by atoms with van der Waals surface area (Å²) < 4.78 is 0. The van der Waals surface area contributed by atoms with Gasteiger partial charge in [0, 0.05) is 17.1 Å². The molecule has 0 saturated heterocycles. The quantitative estimate of drug-likeness (QED) is 0.872. The Morgan fingerprint density at radius 2 is 2.44 bits per heavy atom. The van der Waals surface area contributed by atoms with E-state index in [-0.39, 0.29) is 0 Å². The van der Waals surface area contributed by atoms with E-state index in [1.165, 1.54) is 30.6 Å². The summed E-state index contributed by atoms with van der Waals surface area (Å²) in [6, 6.07) is 0.642. The van der Waals surface area contributed by atoms with Gasteiger partial charge in [-0.2, -0.15) is 0 Å². The highest BCUT2D eigenvalue weighted by atomic mass is 32.1. The number of nitrogens with zero attached hydrogens (tertiary/aromatic N) is 1. The van der Waals surface area contributed by atoms with Gasteiger partial charge in [-0.1, -0.05) is 19.8 Å². The van der Waals surface area contributed by atoms with E-state index in [1.807, 2.05) is 11.7 Å². The molecule has 2 nitrogen and oxygen atoms in total. The summed E-state index contributed by atoms with van der Waals surface area (Å²) in [5, 5.41) is 3.51. The molecule has 0 aliphatic heterocycles. The number of thiazole rings is 1. The molecule has 1 aliphatic carbocycles. The first kappa shape index (κ1) is 12.1. The van der Waals surface area contributed by atoms with E-state index in [0.29, 0.717) is 6.04 Å².